The molecule has 0 aromatic heterocycles. The first-order valence-corrected chi connectivity index (χ1v) is 4.31. The summed E-state index contributed by atoms with van der Waals surface area (Å²) in [6, 6.07) is 8.76. The Hall–Kier alpha value is -1.45. The smallest absolute Gasteiger partial charge is 0.239 e. The molecule has 1 N–H and O–H groups in total. The summed E-state index contributed by atoms with van der Waals surface area (Å²) in [5.74, 6) is -0.378. The highest BCUT2D eigenvalue weighted by atomic mass is 19.3. The Kier molecular flexibility index (Phi) is 4.04. The zero-order chi connectivity index (χ0) is 10.4. The molecule has 0 fully saturated rings. The first kappa shape index (κ1) is 10.6. The van der Waals surface area contributed by atoms with Gasteiger partial charge in [0.25, 0.3) is 0 Å². The van der Waals surface area contributed by atoms with Gasteiger partial charge in [0.2, 0.25) is 12.3 Å². The van der Waals surface area contributed by atoms with E-state index < -0.39 is 12.8 Å². The second kappa shape index (κ2) is 5.32. The molecule has 0 aliphatic heterocycles. The summed E-state index contributed by atoms with van der Waals surface area (Å²) >= 11 is 0. The third kappa shape index (κ3) is 3.98. The normalized spacial score (nSPS) is 10.2. The standard InChI is InChI=1S/C10H11F2NO/c11-9(12)6-7-10(14)13-8-4-2-1-3-5-8/h1-5,9H,6-7H2,(H,13,14). The van der Waals surface area contributed by atoms with Gasteiger partial charge in [-0.15, -0.1) is 0 Å². The Balaban J connectivity index is 2.35. The molecule has 76 valence electrons. The lowest BCUT2D eigenvalue weighted by atomic mass is 10.2. The highest BCUT2D eigenvalue weighted by Gasteiger charge is 2.07. The van der Waals surface area contributed by atoms with E-state index in [-0.39, 0.29) is 12.3 Å². The summed E-state index contributed by atoms with van der Waals surface area (Å²) in [6.07, 6.45) is -2.96. The Labute approximate surface area is 80.9 Å². The molecule has 0 saturated heterocycles. The van der Waals surface area contributed by atoms with Gasteiger partial charge in [-0.05, 0) is 12.1 Å². The molecule has 0 atom stereocenters. The highest BCUT2D eigenvalue weighted by Crippen LogP contribution is 2.08. The number of carbonyl (C=O) groups excluding carboxylic acids is 1. The molecule has 0 saturated carbocycles. The Morgan fingerprint density at radius 1 is 1.29 bits per heavy atom. The minimum absolute atomic E-state index is 0.146. The van der Waals surface area contributed by atoms with Crippen LogP contribution in [0.3, 0.4) is 0 Å². The van der Waals surface area contributed by atoms with Gasteiger partial charge in [0, 0.05) is 18.5 Å². The molecule has 1 rings (SSSR count). The second-order valence-corrected chi connectivity index (χ2v) is 2.84. The van der Waals surface area contributed by atoms with Gasteiger partial charge in [0.15, 0.2) is 0 Å². The van der Waals surface area contributed by atoms with E-state index in [4.69, 9.17) is 0 Å². The molecule has 4 heteroatoms. The summed E-state index contributed by atoms with van der Waals surface area (Å²) in [4.78, 5) is 11.1. The van der Waals surface area contributed by atoms with Crippen LogP contribution in [0, 0.1) is 0 Å². The van der Waals surface area contributed by atoms with Crippen LogP contribution < -0.4 is 5.32 Å². The number of rotatable bonds is 4. The molecule has 1 aromatic carbocycles. The monoisotopic (exact) mass is 199 g/mol. The number of anilines is 1. The van der Waals surface area contributed by atoms with E-state index in [9.17, 15) is 13.6 Å². The summed E-state index contributed by atoms with van der Waals surface area (Å²) < 4.78 is 23.5. The van der Waals surface area contributed by atoms with Crippen molar-refractivity contribution in [3.05, 3.63) is 30.3 Å². The van der Waals surface area contributed by atoms with Crippen molar-refractivity contribution in [1.82, 2.24) is 0 Å². The fraction of sp³-hybridized carbons (Fsp3) is 0.300. The average Bonchev–Trinajstić information content (AvgIpc) is 2.16. The van der Waals surface area contributed by atoms with E-state index in [1.54, 1.807) is 24.3 Å². The minimum Gasteiger partial charge on any atom is -0.326 e. The van der Waals surface area contributed by atoms with Gasteiger partial charge in [-0.2, -0.15) is 0 Å². The van der Waals surface area contributed by atoms with E-state index in [1.165, 1.54) is 0 Å². The average molecular weight is 199 g/mol. The molecule has 0 spiro atoms. The van der Waals surface area contributed by atoms with Crippen LogP contribution in [0.1, 0.15) is 12.8 Å². The quantitative estimate of drug-likeness (QED) is 0.793. The first-order chi connectivity index (χ1) is 6.68. The predicted octanol–water partition coefficient (Wildman–Crippen LogP) is 2.67. The number of carbonyl (C=O) groups is 1. The summed E-state index contributed by atoms with van der Waals surface area (Å²) in [6.45, 7) is 0. The van der Waals surface area contributed by atoms with Crippen LogP contribution in [0.2, 0.25) is 0 Å². The van der Waals surface area contributed by atoms with Gasteiger partial charge in [-0.1, -0.05) is 18.2 Å². The van der Waals surface area contributed by atoms with Gasteiger partial charge in [-0.3, -0.25) is 4.79 Å². The van der Waals surface area contributed by atoms with Crippen molar-refractivity contribution >= 4 is 11.6 Å². The lowest BCUT2D eigenvalue weighted by Gasteiger charge is -2.03. The fourth-order valence-corrected chi connectivity index (χ4v) is 0.985. The minimum atomic E-state index is -2.42. The van der Waals surface area contributed by atoms with Crippen molar-refractivity contribution in [2.45, 2.75) is 19.3 Å². The maximum absolute atomic E-state index is 11.8. The maximum atomic E-state index is 11.8. The molecule has 1 aromatic rings. The summed E-state index contributed by atoms with van der Waals surface area (Å²) in [5, 5.41) is 2.52. The highest BCUT2D eigenvalue weighted by molar-refractivity contribution is 5.90. The molecule has 2 nitrogen and oxygen atoms in total. The number of amides is 1. The van der Waals surface area contributed by atoms with E-state index in [0.29, 0.717) is 5.69 Å². The van der Waals surface area contributed by atoms with Crippen LogP contribution in [-0.2, 0) is 4.79 Å². The second-order valence-electron chi connectivity index (χ2n) is 2.84. The predicted molar refractivity (Wildman–Crippen MR) is 50.3 cm³/mol. The number of para-hydroxylation sites is 1. The first-order valence-electron chi connectivity index (χ1n) is 4.31. The van der Waals surface area contributed by atoms with Crippen LogP contribution in [0.4, 0.5) is 14.5 Å². The number of hydrogen-bond acceptors (Lipinski definition) is 1. The lowest BCUT2D eigenvalue weighted by molar-refractivity contribution is -0.116. The van der Waals surface area contributed by atoms with Crippen molar-refractivity contribution in [2.75, 3.05) is 5.32 Å². The molecule has 0 aliphatic carbocycles. The molecule has 0 aliphatic rings. The van der Waals surface area contributed by atoms with Crippen LogP contribution in [0.15, 0.2) is 30.3 Å². The SMILES string of the molecule is O=C(CCC(F)F)Nc1ccccc1. The fourth-order valence-electron chi connectivity index (χ4n) is 0.985. The van der Waals surface area contributed by atoms with Crippen LogP contribution in [-0.4, -0.2) is 12.3 Å². The maximum Gasteiger partial charge on any atom is 0.239 e. The van der Waals surface area contributed by atoms with Crippen molar-refractivity contribution in [1.29, 1.82) is 0 Å². The number of nitrogens with one attached hydrogen (secondary N) is 1. The molecule has 0 bridgehead atoms. The molecule has 0 radical (unpaired) electrons. The number of alkyl halides is 2. The molecule has 1 amide bonds. The van der Waals surface area contributed by atoms with E-state index in [1.807, 2.05) is 6.07 Å². The van der Waals surface area contributed by atoms with Crippen LogP contribution >= 0.6 is 0 Å². The van der Waals surface area contributed by atoms with Crippen molar-refractivity contribution in [3.8, 4) is 0 Å². The van der Waals surface area contributed by atoms with Gasteiger partial charge >= 0.3 is 0 Å². The van der Waals surface area contributed by atoms with E-state index in [0.717, 1.165) is 0 Å². The zero-order valence-electron chi connectivity index (χ0n) is 7.54. The topological polar surface area (TPSA) is 29.1 Å². The van der Waals surface area contributed by atoms with Crippen LogP contribution in [0.5, 0.6) is 0 Å². The molecule has 14 heavy (non-hydrogen) atoms. The molecule has 0 unspecified atom stereocenters. The van der Waals surface area contributed by atoms with Gasteiger partial charge in [0.05, 0.1) is 0 Å². The van der Waals surface area contributed by atoms with E-state index >= 15 is 0 Å². The van der Waals surface area contributed by atoms with Gasteiger partial charge < -0.3 is 5.32 Å². The third-order valence-electron chi connectivity index (χ3n) is 1.65. The molecular formula is C10H11F2NO. The van der Waals surface area contributed by atoms with Crippen LogP contribution in [0.25, 0.3) is 0 Å². The number of benzene rings is 1. The number of hydrogen-bond donors (Lipinski definition) is 1. The van der Waals surface area contributed by atoms with Crippen molar-refractivity contribution < 1.29 is 13.6 Å². The molecule has 0 heterocycles. The molecular weight excluding hydrogens is 188 g/mol. The van der Waals surface area contributed by atoms with E-state index in [2.05, 4.69) is 5.32 Å². The largest absolute Gasteiger partial charge is 0.326 e. The van der Waals surface area contributed by atoms with Crippen molar-refractivity contribution in [2.24, 2.45) is 0 Å². The van der Waals surface area contributed by atoms with Gasteiger partial charge in [0.1, 0.15) is 0 Å². The third-order valence-corrected chi connectivity index (χ3v) is 1.65. The van der Waals surface area contributed by atoms with Gasteiger partial charge in [-0.25, -0.2) is 8.78 Å². The Bertz CT molecular complexity index is 287. The Morgan fingerprint density at radius 3 is 2.50 bits per heavy atom. The lowest BCUT2D eigenvalue weighted by Crippen LogP contribution is -2.12. The zero-order valence-corrected chi connectivity index (χ0v) is 7.54. The van der Waals surface area contributed by atoms with Crippen molar-refractivity contribution in [3.63, 3.8) is 0 Å². The Morgan fingerprint density at radius 2 is 1.93 bits per heavy atom. The summed E-state index contributed by atoms with van der Waals surface area (Å²) in [7, 11) is 0. The number of halogens is 2. The summed E-state index contributed by atoms with van der Waals surface area (Å²) in [5.41, 5.74) is 0.631.